The smallest absolute Gasteiger partial charge is 0.305 e. The molecule has 0 saturated carbocycles. The van der Waals surface area contributed by atoms with Crippen molar-refractivity contribution in [2.45, 2.75) is 43.5 Å². The summed E-state index contributed by atoms with van der Waals surface area (Å²) in [4.78, 5) is 26.6. The maximum Gasteiger partial charge on any atom is 0.305 e. The molecule has 2 heterocycles. The van der Waals surface area contributed by atoms with Crippen LogP contribution in [0.2, 0.25) is 5.02 Å². The lowest BCUT2D eigenvalue weighted by atomic mass is 9.89. The zero-order chi connectivity index (χ0) is 31.3. The van der Waals surface area contributed by atoms with Gasteiger partial charge in [0.25, 0.3) is 0 Å². The number of aryl methyl sites for hydroxylation is 1. The average Bonchev–Trinajstić information content (AvgIpc) is 3.36. The second-order valence-electron chi connectivity index (χ2n) is 11.2. The number of sulfonamides is 1. The van der Waals surface area contributed by atoms with Gasteiger partial charge in [0.15, 0.2) is 5.78 Å². The maximum atomic E-state index is 13.3. The monoisotopic (exact) mass is 639 g/mol. The van der Waals surface area contributed by atoms with Crippen LogP contribution in [0.15, 0.2) is 77.8 Å². The van der Waals surface area contributed by atoms with Gasteiger partial charge in [0.1, 0.15) is 5.82 Å². The number of hydrogen-bond acceptors (Lipinski definition) is 5. The van der Waals surface area contributed by atoms with Gasteiger partial charge >= 0.3 is 5.97 Å². The third-order valence-electron chi connectivity index (χ3n) is 8.21. The first-order chi connectivity index (χ1) is 21.1. The van der Waals surface area contributed by atoms with Crippen molar-refractivity contribution in [3.63, 3.8) is 0 Å². The van der Waals surface area contributed by atoms with Crippen molar-refractivity contribution in [2.24, 2.45) is 5.92 Å². The van der Waals surface area contributed by atoms with Crippen LogP contribution >= 0.6 is 11.6 Å². The molecule has 8 nitrogen and oxygen atoms in total. The molecule has 44 heavy (non-hydrogen) atoms. The van der Waals surface area contributed by atoms with Gasteiger partial charge < -0.3 is 14.6 Å². The summed E-state index contributed by atoms with van der Waals surface area (Å²) in [5.74, 6) is -1.23. The van der Waals surface area contributed by atoms with E-state index in [0.717, 1.165) is 60.9 Å². The first-order valence-electron chi connectivity index (χ1n) is 14.7. The van der Waals surface area contributed by atoms with Gasteiger partial charge in [-0.2, -0.15) is 0 Å². The van der Waals surface area contributed by atoms with E-state index in [1.165, 1.54) is 36.4 Å². The van der Waals surface area contributed by atoms with Gasteiger partial charge in [0.2, 0.25) is 10.0 Å². The molecule has 11 heteroatoms. The van der Waals surface area contributed by atoms with E-state index in [0.29, 0.717) is 23.6 Å². The molecule has 232 valence electrons. The van der Waals surface area contributed by atoms with Crippen molar-refractivity contribution in [1.29, 1.82) is 0 Å². The van der Waals surface area contributed by atoms with E-state index in [9.17, 15) is 27.5 Å². The largest absolute Gasteiger partial charge is 0.481 e. The Morgan fingerprint density at radius 1 is 0.955 bits per heavy atom. The molecule has 0 amide bonds. The van der Waals surface area contributed by atoms with Crippen LogP contribution in [0, 0.1) is 11.7 Å². The van der Waals surface area contributed by atoms with Gasteiger partial charge in [-0.15, -0.1) is 0 Å². The molecule has 2 N–H and O–H groups in total. The highest BCUT2D eigenvalue weighted by molar-refractivity contribution is 7.89. The second-order valence-corrected chi connectivity index (χ2v) is 13.4. The van der Waals surface area contributed by atoms with Crippen molar-refractivity contribution in [2.75, 3.05) is 26.2 Å². The van der Waals surface area contributed by atoms with Crippen LogP contribution in [0.5, 0.6) is 0 Å². The Morgan fingerprint density at radius 3 is 2.34 bits per heavy atom. The predicted molar refractivity (Wildman–Crippen MR) is 168 cm³/mol. The van der Waals surface area contributed by atoms with E-state index in [1.54, 1.807) is 12.1 Å². The van der Waals surface area contributed by atoms with Gasteiger partial charge in [-0.1, -0.05) is 17.7 Å². The van der Waals surface area contributed by atoms with Gasteiger partial charge in [-0.3, -0.25) is 9.59 Å². The zero-order valence-electron chi connectivity index (χ0n) is 24.2. The number of carbonyl (C=O) groups excluding carboxylic acids is 1. The Labute approximate surface area is 261 Å². The fourth-order valence-electron chi connectivity index (χ4n) is 5.75. The number of aromatic nitrogens is 1. The molecule has 0 spiro atoms. The summed E-state index contributed by atoms with van der Waals surface area (Å²) in [5, 5.41) is 10.7. The fraction of sp³-hybridized carbons (Fsp3) is 0.333. The van der Waals surface area contributed by atoms with E-state index in [4.69, 9.17) is 11.6 Å². The predicted octanol–water partition coefficient (Wildman–Crippen LogP) is 5.57. The molecule has 1 aliphatic rings. The number of nitrogens with one attached hydrogen (secondary N) is 1. The average molecular weight is 640 g/mol. The minimum absolute atomic E-state index is 0.00699. The first-order valence-corrected chi connectivity index (χ1v) is 16.5. The lowest BCUT2D eigenvalue weighted by molar-refractivity contribution is -0.137. The molecule has 1 aliphatic heterocycles. The van der Waals surface area contributed by atoms with E-state index < -0.39 is 16.0 Å². The number of aliphatic carboxylic acids is 1. The number of ketones is 1. The van der Waals surface area contributed by atoms with Gasteiger partial charge in [0.05, 0.1) is 11.3 Å². The molecule has 1 saturated heterocycles. The first kappa shape index (κ1) is 31.8. The van der Waals surface area contributed by atoms with Crippen LogP contribution in [-0.4, -0.2) is 60.9 Å². The number of piperidine rings is 1. The van der Waals surface area contributed by atoms with E-state index in [2.05, 4.69) is 15.7 Å². The zero-order valence-corrected chi connectivity index (χ0v) is 25.8. The molecule has 4 aromatic rings. The standard InChI is InChI=1S/C33H35ClFN3O5S/c34-27-4-8-29(9-5-27)44(42,43)36-16-11-23-1-10-31-30(21-23)26(22-38(31)20-15-32(39)40)14-19-37-17-12-25(13-18-37)33(41)24-2-6-28(35)7-3-24/h1-10,21-22,25,36H,11-20H2,(H,39,40). The molecule has 0 atom stereocenters. The lowest BCUT2D eigenvalue weighted by Gasteiger charge is -2.31. The number of carboxylic acid groups (broad SMARTS) is 1. The highest BCUT2D eigenvalue weighted by Gasteiger charge is 2.26. The highest BCUT2D eigenvalue weighted by atomic mass is 35.5. The summed E-state index contributed by atoms with van der Waals surface area (Å²) in [7, 11) is -3.67. The third-order valence-corrected chi connectivity index (χ3v) is 9.94. The van der Waals surface area contributed by atoms with Crippen molar-refractivity contribution < 1.29 is 27.5 Å². The van der Waals surface area contributed by atoms with Crippen molar-refractivity contribution >= 4 is 44.3 Å². The summed E-state index contributed by atoms with van der Waals surface area (Å²) in [5.41, 5.74) is 3.55. The molecule has 0 unspecified atom stereocenters. The van der Waals surface area contributed by atoms with Crippen LogP contribution in [0.1, 0.15) is 40.7 Å². The SMILES string of the molecule is O=C(O)CCn1cc(CCN2CCC(C(=O)c3ccc(F)cc3)CC2)c2cc(CCNS(=O)(=O)c3ccc(Cl)cc3)ccc21. The number of carbonyl (C=O) groups is 2. The highest BCUT2D eigenvalue weighted by Crippen LogP contribution is 2.26. The minimum Gasteiger partial charge on any atom is -0.481 e. The number of likely N-dealkylation sites (tertiary alicyclic amines) is 1. The molecule has 0 radical (unpaired) electrons. The topological polar surface area (TPSA) is 109 Å². The van der Waals surface area contributed by atoms with Crippen molar-refractivity contribution in [3.05, 3.63) is 100 Å². The van der Waals surface area contributed by atoms with Crippen LogP contribution in [0.3, 0.4) is 0 Å². The molecule has 1 fully saturated rings. The van der Waals surface area contributed by atoms with E-state index in [-0.39, 0.29) is 35.4 Å². The molecule has 0 aliphatic carbocycles. The van der Waals surface area contributed by atoms with E-state index >= 15 is 0 Å². The van der Waals surface area contributed by atoms with Gasteiger partial charge in [-0.05, 0) is 111 Å². The van der Waals surface area contributed by atoms with Gasteiger partial charge in [-0.25, -0.2) is 17.5 Å². The maximum absolute atomic E-state index is 13.3. The number of Topliss-reactive ketones (excluding diaryl/α,β-unsaturated/α-hetero) is 1. The Balaban J connectivity index is 1.23. The van der Waals surface area contributed by atoms with Crippen LogP contribution in [0.4, 0.5) is 4.39 Å². The Hall–Kier alpha value is -3.57. The van der Waals surface area contributed by atoms with E-state index in [1.807, 2.05) is 22.9 Å². The van der Waals surface area contributed by atoms with Crippen molar-refractivity contribution in [1.82, 2.24) is 14.2 Å². The number of fused-ring (bicyclic) bond motifs is 1. The molecule has 1 aromatic heterocycles. The Morgan fingerprint density at radius 2 is 1.66 bits per heavy atom. The quantitative estimate of drug-likeness (QED) is 0.185. The van der Waals surface area contributed by atoms with Gasteiger partial charge in [0, 0.05) is 53.2 Å². The summed E-state index contributed by atoms with van der Waals surface area (Å²) in [6.07, 6.45) is 4.75. The Bertz CT molecular complexity index is 1730. The lowest BCUT2D eigenvalue weighted by Crippen LogP contribution is -2.37. The number of rotatable bonds is 13. The molecular formula is C33H35ClFN3O5S. The summed E-state index contributed by atoms with van der Waals surface area (Å²) >= 11 is 5.88. The Kier molecular flexibility index (Phi) is 10.2. The van der Waals surface area contributed by atoms with Crippen LogP contribution in [0.25, 0.3) is 10.9 Å². The molecule has 5 rings (SSSR count). The minimum atomic E-state index is -3.67. The molecule has 3 aromatic carbocycles. The fourth-order valence-corrected chi connectivity index (χ4v) is 6.91. The number of halogens is 2. The number of hydrogen-bond donors (Lipinski definition) is 2. The van der Waals surface area contributed by atoms with Crippen molar-refractivity contribution in [3.8, 4) is 0 Å². The number of benzene rings is 3. The van der Waals surface area contributed by atoms with Crippen LogP contribution < -0.4 is 4.72 Å². The second kappa shape index (κ2) is 14.0. The molecular weight excluding hydrogens is 605 g/mol. The summed E-state index contributed by atoms with van der Waals surface area (Å²) < 4.78 is 43.2. The normalized spacial score (nSPS) is 14.7. The molecule has 0 bridgehead atoms. The van der Waals surface area contributed by atoms with Crippen LogP contribution in [-0.2, 0) is 34.2 Å². The summed E-state index contributed by atoms with van der Waals surface area (Å²) in [6, 6.07) is 17.7. The third kappa shape index (κ3) is 7.92. The summed E-state index contributed by atoms with van der Waals surface area (Å²) in [6.45, 7) is 2.93. The number of nitrogens with zero attached hydrogens (tertiary/aromatic N) is 2. The number of carboxylic acids is 1.